The second-order valence-electron chi connectivity index (χ2n) is 7.24. The Morgan fingerprint density at radius 2 is 1.85 bits per heavy atom. The predicted molar refractivity (Wildman–Crippen MR) is 81.7 cm³/mol. The molecule has 1 saturated heterocycles. The molecule has 20 heavy (non-hydrogen) atoms. The first kappa shape index (κ1) is 15.5. The fourth-order valence-corrected chi connectivity index (χ4v) is 3.10. The van der Waals surface area contributed by atoms with E-state index < -0.39 is 5.60 Å². The number of aliphatic hydroxyl groups is 1. The predicted octanol–water partition coefficient (Wildman–Crippen LogP) is 2.83. The van der Waals surface area contributed by atoms with Crippen LogP contribution in [-0.2, 0) is 10.3 Å². The first-order valence-electron chi connectivity index (χ1n) is 7.34. The van der Waals surface area contributed by atoms with Crippen molar-refractivity contribution in [2.45, 2.75) is 63.9 Å². The minimum absolute atomic E-state index is 0.111. The van der Waals surface area contributed by atoms with Gasteiger partial charge < -0.3 is 15.2 Å². The molecular weight excluding hydrogens is 250 g/mol. The zero-order chi connectivity index (χ0) is 15.0. The van der Waals surface area contributed by atoms with Gasteiger partial charge in [-0.15, -0.1) is 0 Å². The van der Waals surface area contributed by atoms with E-state index in [1.165, 1.54) is 0 Å². The molecule has 0 amide bonds. The summed E-state index contributed by atoms with van der Waals surface area (Å²) in [5.41, 5.74) is -0.261. The molecule has 2 rings (SSSR count). The molecule has 0 spiro atoms. The maximum absolute atomic E-state index is 10.6. The number of rotatable bonds is 4. The summed E-state index contributed by atoms with van der Waals surface area (Å²) in [7, 11) is 0. The lowest BCUT2D eigenvalue weighted by molar-refractivity contribution is -0.0711. The summed E-state index contributed by atoms with van der Waals surface area (Å²) < 4.78 is 6.08. The van der Waals surface area contributed by atoms with Crippen LogP contribution in [0.3, 0.4) is 0 Å². The van der Waals surface area contributed by atoms with Gasteiger partial charge in [0.05, 0.1) is 16.8 Å². The van der Waals surface area contributed by atoms with Gasteiger partial charge in [-0.05, 0) is 46.6 Å². The fraction of sp³-hybridized carbons (Fsp3) is 0.647. The van der Waals surface area contributed by atoms with Crippen molar-refractivity contribution in [2.75, 3.05) is 6.54 Å². The topological polar surface area (TPSA) is 41.5 Å². The fourth-order valence-electron chi connectivity index (χ4n) is 3.10. The van der Waals surface area contributed by atoms with Gasteiger partial charge in [0.25, 0.3) is 0 Å². The van der Waals surface area contributed by atoms with Crippen molar-refractivity contribution >= 4 is 0 Å². The quantitative estimate of drug-likeness (QED) is 0.889. The molecule has 0 bridgehead atoms. The van der Waals surface area contributed by atoms with E-state index in [9.17, 15) is 5.11 Å². The average molecular weight is 277 g/mol. The molecule has 0 saturated carbocycles. The van der Waals surface area contributed by atoms with E-state index in [1.807, 2.05) is 37.3 Å². The lowest BCUT2D eigenvalue weighted by Crippen LogP contribution is -2.48. The van der Waals surface area contributed by atoms with Crippen molar-refractivity contribution < 1.29 is 9.84 Å². The summed E-state index contributed by atoms with van der Waals surface area (Å²) in [6, 6.07) is 10.0. The summed E-state index contributed by atoms with van der Waals surface area (Å²) in [5.74, 6) is 0. The van der Waals surface area contributed by atoms with Crippen molar-refractivity contribution in [1.82, 2.24) is 5.32 Å². The Bertz CT molecular complexity index is 451. The molecule has 0 aromatic heterocycles. The molecule has 112 valence electrons. The smallest absolute Gasteiger partial charge is 0.0992 e. The normalized spacial score (nSPS) is 27.2. The van der Waals surface area contributed by atoms with Crippen LogP contribution in [0.1, 0.15) is 46.6 Å². The Balaban J connectivity index is 2.02. The van der Waals surface area contributed by atoms with Gasteiger partial charge in [-0.3, -0.25) is 0 Å². The monoisotopic (exact) mass is 277 g/mol. The van der Waals surface area contributed by atoms with E-state index >= 15 is 0 Å². The highest BCUT2D eigenvalue weighted by molar-refractivity contribution is 5.22. The standard InChI is InChI=1S/C17H27NO2/c1-15(2)11-14(16(3,4)20-15)18-12-17(5,19)13-9-7-6-8-10-13/h6-10,14,18-19H,11-12H2,1-5H3. The summed E-state index contributed by atoms with van der Waals surface area (Å²) in [4.78, 5) is 0. The highest BCUT2D eigenvalue weighted by atomic mass is 16.5. The first-order valence-corrected chi connectivity index (χ1v) is 7.34. The van der Waals surface area contributed by atoms with E-state index in [1.54, 1.807) is 0 Å². The molecule has 3 nitrogen and oxygen atoms in total. The molecule has 0 radical (unpaired) electrons. The minimum Gasteiger partial charge on any atom is -0.384 e. The Morgan fingerprint density at radius 3 is 2.35 bits per heavy atom. The van der Waals surface area contributed by atoms with E-state index in [0.717, 1.165) is 12.0 Å². The summed E-state index contributed by atoms with van der Waals surface area (Å²) >= 11 is 0. The second kappa shape index (κ2) is 5.14. The van der Waals surface area contributed by atoms with E-state index in [4.69, 9.17) is 4.74 Å². The van der Waals surface area contributed by atoms with Crippen LogP contribution < -0.4 is 5.32 Å². The molecule has 2 unspecified atom stereocenters. The van der Waals surface area contributed by atoms with Crippen LogP contribution in [0.4, 0.5) is 0 Å². The number of hydrogen-bond acceptors (Lipinski definition) is 3. The third kappa shape index (κ3) is 3.40. The Labute approximate surface area is 122 Å². The maximum atomic E-state index is 10.6. The molecule has 1 aromatic carbocycles. The largest absolute Gasteiger partial charge is 0.384 e. The molecule has 1 heterocycles. The van der Waals surface area contributed by atoms with Crippen molar-refractivity contribution in [3.8, 4) is 0 Å². The molecule has 1 fully saturated rings. The van der Waals surface area contributed by atoms with Gasteiger partial charge in [-0.2, -0.15) is 0 Å². The van der Waals surface area contributed by atoms with E-state index in [2.05, 4.69) is 33.0 Å². The van der Waals surface area contributed by atoms with Crippen molar-refractivity contribution in [3.63, 3.8) is 0 Å². The first-order chi connectivity index (χ1) is 9.12. The highest BCUT2D eigenvalue weighted by Crippen LogP contribution is 2.37. The van der Waals surface area contributed by atoms with Crippen molar-refractivity contribution in [2.24, 2.45) is 0 Å². The van der Waals surface area contributed by atoms with E-state index in [0.29, 0.717) is 6.54 Å². The number of nitrogens with one attached hydrogen (secondary N) is 1. The van der Waals surface area contributed by atoms with Gasteiger partial charge in [0.15, 0.2) is 0 Å². The lowest BCUT2D eigenvalue weighted by Gasteiger charge is -2.31. The van der Waals surface area contributed by atoms with Crippen molar-refractivity contribution in [1.29, 1.82) is 0 Å². The SMILES string of the molecule is CC1(C)CC(NCC(C)(O)c2ccccc2)C(C)(C)O1. The van der Waals surface area contributed by atoms with Gasteiger partial charge in [0.1, 0.15) is 0 Å². The number of hydrogen-bond donors (Lipinski definition) is 2. The molecule has 0 aliphatic carbocycles. The zero-order valence-electron chi connectivity index (χ0n) is 13.2. The van der Waals surface area contributed by atoms with Gasteiger partial charge in [-0.1, -0.05) is 30.3 Å². The number of ether oxygens (including phenoxy) is 1. The van der Waals surface area contributed by atoms with Crippen LogP contribution in [-0.4, -0.2) is 28.9 Å². The molecule has 1 aliphatic rings. The van der Waals surface area contributed by atoms with Gasteiger partial charge in [0, 0.05) is 12.6 Å². The molecule has 2 N–H and O–H groups in total. The molecule has 1 aromatic rings. The Morgan fingerprint density at radius 1 is 1.25 bits per heavy atom. The maximum Gasteiger partial charge on any atom is 0.0992 e. The third-order valence-corrected chi connectivity index (χ3v) is 4.16. The Kier molecular flexibility index (Phi) is 3.98. The highest BCUT2D eigenvalue weighted by Gasteiger charge is 2.46. The second-order valence-corrected chi connectivity index (χ2v) is 7.24. The summed E-state index contributed by atoms with van der Waals surface area (Å²) in [5, 5.41) is 14.1. The molecule has 2 atom stereocenters. The zero-order valence-corrected chi connectivity index (χ0v) is 13.2. The van der Waals surface area contributed by atoms with Crippen LogP contribution >= 0.6 is 0 Å². The van der Waals surface area contributed by atoms with Crippen LogP contribution in [0.25, 0.3) is 0 Å². The average Bonchev–Trinajstić information content (AvgIpc) is 2.55. The molecular formula is C17H27NO2. The Hall–Kier alpha value is -0.900. The number of benzene rings is 1. The van der Waals surface area contributed by atoms with Gasteiger partial charge >= 0.3 is 0 Å². The van der Waals surface area contributed by atoms with Crippen LogP contribution in [0.15, 0.2) is 30.3 Å². The van der Waals surface area contributed by atoms with E-state index in [-0.39, 0.29) is 17.2 Å². The third-order valence-electron chi connectivity index (χ3n) is 4.16. The van der Waals surface area contributed by atoms with Gasteiger partial charge in [0.2, 0.25) is 0 Å². The van der Waals surface area contributed by atoms with Crippen LogP contribution in [0.5, 0.6) is 0 Å². The lowest BCUT2D eigenvalue weighted by atomic mass is 9.91. The van der Waals surface area contributed by atoms with Crippen molar-refractivity contribution in [3.05, 3.63) is 35.9 Å². The van der Waals surface area contributed by atoms with Crippen LogP contribution in [0.2, 0.25) is 0 Å². The van der Waals surface area contributed by atoms with Crippen LogP contribution in [0, 0.1) is 0 Å². The summed E-state index contributed by atoms with van der Waals surface area (Å²) in [6.07, 6.45) is 0.949. The van der Waals surface area contributed by atoms with Gasteiger partial charge in [-0.25, -0.2) is 0 Å². The molecule has 3 heteroatoms. The minimum atomic E-state index is -0.871. The molecule has 1 aliphatic heterocycles. The summed E-state index contributed by atoms with van der Waals surface area (Å²) in [6.45, 7) is 10.8.